The third kappa shape index (κ3) is 5.99. The predicted molar refractivity (Wildman–Crippen MR) is 165 cm³/mol. The zero-order valence-electron chi connectivity index (χ0n) is 24.6. The first-order valence-corrected chi connectivity index (χ1v) is 14.4. The number of nitrogens with one attached hydrogen (secondary N) is 1. The van der Waals surface area contributed by atoms with Gasteiger partial charge >= 0.3 is 5.97 Å². The second kappa shape index (κ2) is 12.7. The fourth-order valence-electron chi connectivity index (χ4n) is 5.25. The number of carbonyl (C=O) groups is 1. The highest BCUT2D eigenvalue weighted by atomic mass is 35.5. The zero-order valence-corrected chi connectivity index (χ0v) is 25.3. The fourth-order valence-corrected chi connectivity index (χ4v) is 5.36. The summed E-state index contributed by atoms with van der Waals surface area (Å²) >= 11 is 6.31. The van der Waals surface area contributed by atoms with E-state index in [1.165, 1.54) is 0 Å². The van der Waals surface area contributed by atoms with Gasteiger partial charge in [0.2, 0.25) is 5.88 Å². The van der Waals surface area contributed by atoms with E-state index in [4.69, 9.17) is 30.9 Å². The smallest absolute Gasteiger partial charge is 0.355 e. The molecule has 0 bridgehead atoms. The molecule has 1 N–H and O–H groups in total. The summed E-state index contributed by atoms with van der Waals surface area (Å²) in [5, 5.41) is 6.47. The molecule has 8 nitrogen and oxygen atoms in total. The number of nitrogens with zero attached hydrogens (tertiary/aromatic N) is 3. The van der Waals surface area contributed by atoms with Crippen molar-refractivity contribution in [2.75, 3.05) is 13.2 Å². The van der Waals surface area contributed by atoms with Crippen molar-refractivity contribution in [1.82, 2.24) is 19.7 Å². The lowest BCUT2D eigenvalue weighted by atomic mass is 9.98. The van der Waals surface area contributed by atoms with Crippen molar-refractivity contribution in [3.05, 3.63) is 93.5 Å². The molecule has 0 fully saturated rings. The van der Waals surface area contributed by atoms with Crippen LogP contribution in [0.15, 0.2) is 54.7 Å². The normalized spacial score (nSPS) is 11.2. The lowest BCUT2D eigenvalue weighted by molar-refractivity contribution is 0.0519. The number of aromatic amines is 1. The molecule has 3 aromatic heterocycles. The van der Waals surface area contributed by atoms with E-state index >= 15 is 0 Å². The molecule has 3 heterocycles. The van der Waals surface area contributed by atoms with Crippen molar-refractivity contribution in [1.29, 1.82) is 0 Å². The van der Waals surface area contributed by atoms with E-state index in [9.17, 15) is 4.79 Å². The van der Waals surface area contributed by atoms with Crippen LogP contribution in [-0.2, 0) is 24.8 Å². The summed E-state index contributed by atoms with van der Waals surface area (Å²) < 4.78 is 19.3. The van der Waals surface area contributed by atoms with Gasteiger partial charge in [-0.1, -0.05) is 35.9 Å². The Morgan fingerprint density at radius 1 is 1.05 bits per heavy atom. The summed E-state index contributed by atoms with van der Waals surface area (Å²) in [4.78, 5) is 20.8. The highest BCUT2D eigenvalue weighted by Gasteiger charge is 2.24. The number of hydrogen-bond donors (Lipinski definition) is 1. The number of carbonyl (C=O) groups excluding carboxylic acids is 1. The van der Waals surface area contributed by atoms with Crippen LogP contribution in [0.4, 0.5) is 0 Å². The quantitative estimate of drug-likeness (QED) is 0.129. The number of pyridine rings is 1. The van der Waals surface area contributed by atoms with E-state index in [0.717, 1.165) is 60.9 Å². The van der Waals surface area contributed by atoms with Gasteiger partial charge in [-0.3, -0.25) is 4.68 Å². The lowest BCUT2D eigenvalue weighted by Gasteiger charge is -2.10. The molecule has 218 valence electrons. The molecule has 0 aliphatic carbocycles. The SMILES string of the molecule is CCOC(=O)c1[nH]c2c(-c3c(COc4ccccn4)nn(C)c3C)cccc2c1CCCOc1cc(C)c(Cl)c(C)c1. The molecule has 5 rings (SSSR count). The van der Waals surface area contributed by atoms with E-state index in [1.54, 1.807) is 6.20 Å². The number of esters is 1. The Balaban J connectivity index is 1.46. The van der Waals surface area contributed by atoms with Crippen LogP contribution in [0, 0.1) is 20.8 Å². The third-order valence-corrected chi connectivity index (χ3v) is 7.94. The summed E-state index contributed by atoms with van der Waals surface area (Å²) in [6, 6.07) is 15.5. The first-order valence-electron chi connectivity index (χ1n) is 14.0. The third-order valence-electron chi connectivity index (χ3n) is 7.34. The van der Waals surface area contributed by atoms with Crippen molar-refractivity contribution < 1.29 is 19.0 Å². The topological polar surface area (TPSA) is 91.3 Å². The molecule has 0 saturated heterocycles. The van der Waals surface area contributed by atoms with Crippen molar-refractivity contribution in [2.45, 2.75) is 47.1 Å². The second-order valence-corrected chi connectivity index (χ2v) is 10.6. The van der Waals surface area contributed by atoms with Crippen LogP contribution in [0.25, 0.3) is 22.0 Å². The number of benzene rings is 2. The molecule has 0 saturated carbocycles. The average molecular weight is 587 g/mol. The summed E-state index contributed by atoms with van der Waals surface area (Å²) in [6.07, 6.45) is 3.03. The molecule has 0 aliphatic rings. The largest absolute Gasteiger partial charge is 0.494 e. The maximum atomic E-state index is 13.1. The van der Waals surface area contributed by atoms with Crippen molar-refractivity contribution in [2.24, 2.45) is 7.05 Å². The van der Waals surface area contributed by atoms with Gasteiger partial charge in [-0.25, -0.2) is 9.78 Å². The number of halogens is 1. The molecule has 0 aliphatic heterocycles. The van der Waals surface area contributed by atoms with Gasteiger partial charge in [0.15, 0.2) is 0 Å². The number of aromatic nitrogens is 4. The number of ether oxygens (including phenoxy) is 3. The maximum absolute atomic E-state index is 13.1. The minimum atomic E-state index is -0.374. The van der Waals surface area contributed by atoms with E-state index in [-0.39, 0.29) is 19.2 Å². The summed E-state index contributed by atoms with van der Waals surface area (Å²) in [6.45, 7) is 8.81. The lowest BCUT2D eigenvalue weighted by Crippen LogP contribution is -2.09. The minimum absolute atomic E-state index is 0.254. The van der Waals surface area contributed by atoms with Gasteiger partial charge in [0.25, 0.3) is 0 Å². The van der Waals surface area contributed by atoms with Crippen molar-refractivity contribution >= 4 is 28.5 Å². The molecule has 0 atom stereocenters. The molecule has 0 spiro atoms. The van der Waals surface area contributed by atoms with E-state index in [2.05, 4.69) is 9.97 Å². The number of rotatable bonds is 11. The van der Waals surface area contributed by atoms with Crippen LogP contribution < -0.4 is 9.47 Å². The zero-order chi connectivity index (χ0) is 29.8. The average Bonchev–Trinajstić information content (AvgIpc) is 3.50. The summed E-state index contributed by atoms with van der Waals surface area (Å²) in [5.74, 6) is 0.942. The molecule has 42 heavy (non-hydrogen) atoms. The molecular weight excluding hydrogens is 552 g/mol. The van der Waals surface area contributed by atoms with Gasteiger partial charge in [-0.05, 0) is 75.4 Å². The van der Waals surface area contributed by atoms with Crippen LogP contribution in [0.2, 0.25) is 5.02 Å². The van der Waals surface area contributed by atoms with E-state index in [1.807, 2.05) is 88.0 Å². The molecule has 0 radical (unpaired) electrons. The van der Waals surface area contributed by atoms with Gasteiger partial charge in [-0.15, -0.1) is 0 Å². The molecule has 0 amide bonds. The Morgan fingerprint density at radius 3 is 2.55 bits per heavy atom. The van der Waals surface area contributed by atoms with E-state index in [0.29, 0.717) is 31.0 Å². The Hall–Kier alpha value is -4.30. The highest BCUT2D eigenvalue weighted by molar-refractivity contribution is 6.32. The number of H-pyrrole nitrogens is 1. The molecule has 2 aromatic carbocycles. The van der Waals surface area contributed by atoms with Gasteiger partial charge in [0.1, 0.15) is 23.7 Å². The Kier molecular flexibility index (Phi) is 8.83. The minimum Gasteiger partial charge on any atom is -0.494 e. The van der Waals surface area contributed by atoms with Crippen molar-refractivity contribution in [3.8, 4) is 22.8 Å². The van der Waals surface area contributed by atoms with Crippen LogP contribution in [0.3, 0.4) is 0 Å². The number of para-hydroxylation sites is 1. The summed E-state index contributed by atoms with van der Waals surface area (Å²) in [7, 11) is 1.91. The Morgan fingerprint density at radius 2 is 1.83 bits per heavy atom. The monoisotopic (exact) mass is 586 g/mol. The predicted octanol–water partition coefficient (Wildman–Crippen LogP) is 7.31. The number of fused-ring (bicyclic) bond motifs is 1. The van der Waals surface area contributed by atoms with E-state index < -0.39 is 0 Å². The molecular formula is C33H35ClN4O4. The van der Waals surface area contributed by atoms with Gasteiger partial charge in [-0.2, -0.15) is 5.10 Å². The maximum Gasteiger partial charge on any atom is 0.355 e. The second-order valence-electron chi connectivity index (χ2n) is 10.2. The molecule has 9 heteroatoms. The fraction of sp³-hybridized carbons (Fsp3) is 0.303. The van der Waals surface area contributed by atoms with Crippen LogP contribution in [0.5, 0.6) is 11.6 Å². The van der Waals surface area contributed by atoms with Gasteiger partial charge in [0, 0.05) is 46.5 Å². The number of hydrogen-bond acceptors (Lipinski definition) is 6. The first kappa shape index (κ1) is 29.2. The van der Waals surface area contributed by atoms with Gasteiger partial charge in [0.05, 0.1) is 18.7 Å². The number of aryl methyl sites for hydroxylation is 4. The summed E-state index contributed by atoms with van der Waals surface area (Å²) in [5.41, 5.74) is 7.86. The Labute approximate surface area is 250 Å². The molecule has 5 aromatic rings. The van der Waals surface area contributed by atoms with Crippen LogP contribution >= 0.6 is 11.6 Å². The highest BCUT2D eigenvalue weighted by Crippen LogP contribution is 2.36. The Bertz CT molecular complexity index is 1700. The molecule has 0 unspecified atom stereocenters. The van der Waals surface area contributed by atoms with Crippen LogP contribution in [0.1, 0.15) is 51.9 Å². The first-order chi connectivity index (χ1) is 20.3. The van der Waals surface area contributed by atoms with Crippen LogP contribution in [-0.4, -0.2) is 38.9 Å². The standard InChI is InChI=1S/C33H35ClN4O4/c1-6-40-33(39)32-25(13-10-16-41-23-17-20(2)30(34)21(3)18-23)24-11-9-12-26(31(24)36-32)29-22(4)38(5)37-27(29)19-42-28-14-7-8-15-35-28/h7-9,11-12,14-15,17-18,36H,6,10,13,16,19H2,1-5H3. The van der Waals surface area contributed by atoms with Gasteiger partial charge < -0.3 is 19.2 Å². The van der Waals surface area contributed by atoms with Crippen molar-refractivity contribution in [3.63, 3.8) is 0 Å².